The lowest BCUT2D eigenvalue weighted by molar-refractivity contribution is 0.437. The Bertz CT molecular complexity index is 503. The van der Waals surface area contributed by atoms with Crippen LogP contribution in [0.2, 0.25) is 0 Å². The number of rotatable bonds is 5. The Morgan fingerprint density at radius 2 is 1.95 bits per heavy atom. The predicted molar refractivity (Wildman–Crippen MR) is 81.5 cm³/mol. The van der Waals surface area contributed by atoms with E-state index in [0.29, 0.717) is 5.92 Å². The molecule has 0 N–H and O–H groups in total. The third-order valence-electron chi connectivity index (χ3n) is 4.40. The lowest BCUT2D eigenvalue weighted by Crippen LogP contribution is -2.10. The fraction of sp³-hybridized carbons (Fsp3) is 0.444. The quantitative estimate of drug-likeness (QED) is 0.802. The minimum Gasteiger partial charge on any atom is -0.264 e. The zero-order chi connectivity index (χ0) is 13.6. The molecular formula is C18H22N2. The summed E-state index contributed by atoms with van der Waals surface area (Å²) < 4.78 is 0. The van der Waals surface area contributed by atoms with Crippen LogP contribution in [0, 0.1) is 5.92 Å². The first-order valence-corrected chi connectivity index (χ1v) is 7.71. The second-order valence-corrected chi connectivity index (χ2v) is 5.90. The summed E-state index contributed by atoms with van der Waals surface area (Å²) in [6.45, 7) is 0. The van der Waals surface area contributed by atoms with E-state index in [1.54, 1.807) is 0 Å². The van der Waals surface area contributed by atoms with Crippen LogP contribution in [0.3, 0.4) is 0 Å². The molecule has 2 aromatic heterocycles. The van der Waals surface area contributed by atoms with E-state index in [1.165, 1.54) is 43.4 Å². The van der Waals surface area contributed by atoms with Crippen molar-refractivity contribution in [1.82, 2.24) is 9.97 Å². The molecule has 0 amide bonds. The van der Waals surface area contributed by atoms with Gasteiger partial charge >= 0.3 is 0 Å². The Morgan fingerprint density at radius 3 is 2.65 bits per heavy atom. The molecule has 20 heavy (non-hydrogen) atoms. The Hall–Kier alpha value is -1.70. The minimum absolute atomic E-state index is 0.531. The van der Waals surface area contributed by atoms with Gasteiger partial charge in [-0.2, -0.15) is 0 Å². The average molecular weight is 266 g/mol. The Balaban J connectivity index is 1.76. The zero-order valence-electron chi connectivity index (χ0n) is 11.9. The van der Waals surface area contributed by atoms with Crippen molar-refractivity contribution in [3.63, 3.8) is 0 Å². The molecule has 1 aliphatic carbocycles. The van der Waals surface area contributed by atoms with Crippen LogP contribution < -0.4 is 0 Å². The third kappa shape index (κ3) is 3.44. The molecule has 3 rings (SSSR count). The van der Waals surface area contributed by atoms with Crippen molar-refractivity contribution >= 4 is 0 Å². The van der Waals surface area contributed by atoms with Gasteiger partial charge in [0.25, 0.3) is 0 Å². The van der Waals surface area contributed by atoms with Gasteiger partial charge in [-0.15, -0.1) is 0 Å². The molecule has 1 atom stereocenters. The van der Waals surface area contributed by atoms with E-state index in [2.05, 4.69) is 28.2 Å². The van der Waals surface area contributed by atoms with Crippen LogP contribution in [-0.4, -0.2) is 9.97 Å². The van der Waals surface area contributed by atoms with E-state index in [0.717, 1.165) is 12.3 Å². The van der Waals surface area contributed by atoms with Crippen LogP contribution in [0.25, 0.3) is 0 Å². The lowest BCUT2D eigenvalue weighted by Gasteiger charge is -2.20. The first-order valence-electron chi connectivity index (χ1n) is 7.71. The van der Waals surface area contributed by atoms with Gasteiger partial charge in [0, 0.05) is 30.2 Å². The van der Waals surface area contributed by atoms with Crippen LogP contribution in [0.4, 0.5) is 0 Å². The highest BCUT2D eigenvalue weighted by atomic mass is 14.7. The molecule has 0 bridgehead atoms. The van der Waals surface area contributed by atoms with Gasteiger partial charge in [0.1, 0.15) is 0 Å². The van der Waals surface area contributed by atoms with Crippen molar-refractivity contribution in [2.45, 2.75) is 44.4 Å². The summed E-state index contributed by atoms with van der Waals surface area (Å²) in [5, 5.41) is 0. The second-order valence-electron chi connectivity index (χ2n) is 5.90. The summed E-state index contributed by atoms with van der Waals surface area (Å²) in [4.78, 5) is 8.84. The molecule has 2 nitrogen and oxygen atoms in total. The third-order valence-corrected chi connectivity index (χ3v) is 4.40. The molecule has 0 aliphatic heterocycles. The van der Waals surface area contributed by atoms with Gasteiger partial charge in [0.2, 0.25) is 0 Å². The molecule has 1 fully saturated rings. The monoisotopic (exact) mass is 266 g/mol. The van der Waals surface area contributed by atoms with E-state index in [1.807, 2.05) is 30.7 Å². The van der Waals surface area contributed by atoms with Gasteiger partial charge in [0.15, 0.2) is 0 Å². The minimum atomic E-state index is 0.531. The lowest BCUT2D eigenvalue weighted by atomic mass is 9.86. The Morgan fingerprint density at radius 1 is 1.05 bits per heavy atom. The van der Waals surface area contributed by atoms with Gasteiger partial charge in [-0.05, 0) is 42.5 Å². The van der Waals surface area contributed by atoms with E-state index in [-0.39, 0.29) is 0 Å². The molecule has 0 radical (unpaired) electrons. The number of hydrogen-bond acceptors (Lipinski definition) is 2. The fourth-order valence-electron chi connectivity index (χ4n) is 3.38. The van der Waals surface area contributed by atoms with E-state index in [9.17, 15) is 0 Å². The van der Waals surface area contributed by atoms with Crippen molar-refractivity contribution in [2.24, 2.45) is 5.92 Å². The summed E-state index contributed by atoms with van der Waals surface area (Å²) in [5.74, 6) is 1.42. The topological polar surface area (TPSA) is 25.8 Å². The maximum absolute atomic E-state index is 4.60. The molecule has 1 unspecified atom stereocenters. The zero-order valence-corrected chi connectivity index (χ0v) is 11.9. The van der Waals surface area contributed by atoms with Crippen molar-refractivity contribution in [2.75, 3.05) is 0 Å². The van der Waals surface area contributed by atoms with E-state index >= 15 is 0 Å². The Labute approximate surface area is 121 Å². The van der Waals surface area contributed by atoms with Gasteiger partial charge in [-0.25, -0.2) is 0 Å². The van der Waals surface area contributed by atoms with E-state index in [4.69, 9.17) is 0 Å². The highest BCUT2D eigenvalue weighted by Crippen LogP contribution is 2.35. The molecule has 104 valence electrons. The van der Waals surface area contributed by atoms with Gasteiger partial charge in [-0.1, -0.05) is 37.8 Å². The summed E-state index contributed by atoms with van der Waals surface area (Å²) in [6, 6.07) is 10.5. The van der Waals surface area contributed by atoms with Gasteiger partial charge in [-0.3, -0.25) is 9.97 Å². The number of nitrogens with zero attached hydrogens (tertiary/aromatic N) is 2. The van der Waals surface area contributed by atoms with Gasteiger partial charge < -0.3 is 0 Å². The smallest absolute Gasteiger partial charge is 0.0437 e. The molecule has 0 saturated heterocycles. The highest BCUT2D eigenvalue weighted by Gasteiger charge is 2.22. The number of hydrogen-bond donors (Lipinski definition) is 0. The first kappa shape index (κ1) is 13.3. The highest BCUT2D eigenvalue weighted by molar-refractivity contribution is 5.17. The maximum atomic E-state index is 4.60. The van der Waals surface area contributed by atoms with Crippen LogP contribution in [-0.2, 0) is 6.42 Å². The fourth-order valence-corrected chi connectivity index (χ4v) is 3.38. The van der Waals surface area contributed by atoms with Crippen molar-refractivity contribution in [1.29, 1.82) is 0 Å². The van der Waals surface area contributed by atoms with Crippen molar-refractivity contribution in [3.8, 4) is 0 Å². The largest absolute Gasteiger partial charge is 0.264 e. The molecular weight excluding hydrogens is 244 g/mol. The summed E-state index contributed by atoms with van der Waals surface area (Å²) in [7, 11) is 0. The molecule has 0 spiro atoms. The summed E-state index contributed by atoms with van der Waals surface area (Å²) in [5.41, 5.74) is 2.56. The molecule has 2 aromatic rings. The van der Waals surface area contributed by atoms with Crippen LogP contribution >= 0.6 is 0 Å². The number of pyridine rings is 2. The molecule has 0 aromatic carbocycles. The van der Waals surface area contributed by atoms with Crippen LogP contribution in [0.1, 0.15) is 49.3 Å². The second kappa shape index (κ2) is 6.65. The van der Waals surface area contributed by atoms with E-state index < -0.39 is 0 Å². The van der Waals surface area contributed by atoms with Crippen LogP contribution in [0.15, 0.2) is 48.9 Å². The molecule has 1 saturated carbocycles. The first-order chi connectivity index (χ1) is 9.92. The SMILES string of the molecule is c1ccc(C(Cc2cccnc2)CC2CCCC2)nc1. The average Bonchev–Trinajstić information content (AvgIpc) is 3.02. The van der Waals surface area contributed by atoms with Crippen molar-refractivity contribution in [3.05, 3.63) is 60.2 Å². The molecule has 1 aliphatic rings. The summed E-state index contributed by atoms with van der Waals surface area (Å²) >= 11 is 0. The molecule has 2 heterocycles. The van der Waals surface area contributed by atoms with Crippen LogP contribution in [0.5, 0.6) is 0 Å². The van der Waals surface area contributed by atoms with Crippen molar-refractivity contribution < 1.29 is 0 Å². The normalized spacial score (nSPS) is 17.2. The Kier molecular flexibility index (Phi) is 4.42. The predicted octanol–water partition coefficient (Wildman–Crippen LogP) is 4.38. The summed E-state index contributed by atoms with van der Waals surface area (Å²) in [6.07, 6.45) is 13.7. The molecule has 2 heteroatoms. The standard InChI is InChI=1S/C18H22N2/c1-2-7-15(6-1)12-17(18-9-3-4-11-20-18)13-16-8-5-10-19-14-16/h3-5,8-11,14-15,17H,1-2,6-7,12-13H2. The van der Waals surface area contributed by atoms with Gasteiger partial charge in [0.05, 0.1) is 0 Å². The number of aromatic nitrogens is 2. The maximum Gasteiger partial charge on any atom is 0.0437 e.